The summed E-state index contributed by atoms with van der Waals surface area (Å²) in [4.78, 5) is 29.7. The van der Waals surface area contributed by atoms with Crippen molar-refractivity contribution in [3.63, 3.8) is 0 Å². The maximum Gasteiger partial charge on any atom is 0.328 e. The maximum absolute atomic E-state index is 13.1. The van der Waals surface area contributed by atoms with E-state index in [4.69, 9.17) is 0 Å². The lowest BCUT2D eigenvalue weighted by Crippen LogP contribution is -2.39. The summed E-state index contributed by atoms with van der Waals surface area (Å²) < 4.78 is 31.3. The van der Waals surface area contributed by atoms with Crippen molar-refractivity contribution in [3.05, 3.63) is 71.8 Å². The standard InChI is InChI=1S/C28H44N4O4P2S2/c1-5-37(35,6-2)39-29-27(33)31(23-25-17-11-9-12-18-25)21-15-16-22-32(24-26-19-13-10-14-20-26)28(34)30-40-38(36,7-3)8-4/h9-14,17-20H,5-8,15-16,21-24H2,1-4H3,(H,29,33)(H,30,34). The topological polar surface area (TPSA) is 98.8 Å². The van der Waals surface area contributed by atoms with Gasteiger partial charge in [-0.25, -0.2) is 9.59 Å². The summed E-state index contributed by atoms with van der Waals surface area (Å²) in [6.45, 7) is 9.36. The van der Waals surface area contributed by atoms with Crippen molar-refractivity contribution in [2.45, 2.75) is 53.6 Å². The molecule has 2 rings (SSSR count). The Kier molecular flexibility index (Phi) is 15.3. The van der Waals surface area contributed by atoms with Gasteiger partial charge in [-0.2, -0.15) is 0 Å². The van der Waals surface area contributed by atoms with Crippen molar-refractivity contribution < 1.29 is 18.7 Å². The van der Waals surface area contributed by atoms with Crippen molar-refractivity contribution in [1.82, 2.24) is 19.2 Å². The monoisotopic (exact) mass is 626 g/mol. The molecule has 0 saturated carbocycles. The molecule has 8 nitrogen and oxygen atoms in total. The van der Waals surface area contributed by atoms with E-state index in [2.05, 4.69) is 9.44 Å². The summed E-state index contributed by atoms with van der Waals surface area (Å²) in [5.74, 6) is 0. The minimum Gasteiger partial charge on any atom is -0.320 e. The summed E-state index contributed by atoms with van der Waals surface area (Å²) >= 11 is 2.12. The third-order valence-electron chi connectivity index (χ3n) is 6.64. The number of hydrogen-bond donors (Lipinski definition) is 2. The third kappa shape index (κ3) is 11.9. The van der Waals surface area contributed by atoms with Crippen LogP contribution >= 0.6 is 35.8 Å². The van der Waals surface area contributed by atoms with E-state index in [-0.39, 0.29) is 12.1 Å². The molecule has 0 saturated heterocycles. The van der Waals surface area contributed by atoms with Crippen molar-refractivity contribution in [3.8, 4) is 0 Å². The van der Waals surface area contributed by atoms with Crippen LogP contribution in [0.4, 0.5) is 9.59 Å². The molecule has 2 aromatic rings. The number of hydrogen-bond acceptors (Lipinski definition) is 6. The number of amides is 4. The minimum atomic E-state index is -2.49. The summed E-state index contributed by atoms with van der Waals surface area (Å²) in [6.07, 6.45) is -1.51. The van der Waals surface area contributed by atoms with Gasteiger partial charge in [0.25, 0.3) is 0 Å². The second-order valence-electron chi connectivity index (χ2n) is 9.41. The predicted octanol–water partition coefficient (Wildman–Crippen LogP) is 8.12. The maximum atomic E-state index is 13.1. The number of unbranched alkanes of at least 4 members (excludes halogenated alkanes) is 1. The van der Waals surface area contributed by atoms with E-state index in [0.29, 0.717) is 63.7 Å². The fourth-order valence-electron chi connectivity index (χ4n) is 3.80. The molecule has 0 aliphatic rings. The Hall–Kier alpha value is -1.86. The Morgan fingerprint density at radius 3 is 1.25 bits per heavy atom. The first-order chi connectivity index (χ1) is 19.2. The number of nitrogens with one attached hydrogen (secondary N) is 2. The van der Waals surface area contributed by atoms with Gasteiger partial charge in [0.1, 0.15) is 0 Å². The van der Waals surface area contributed by atoms with Crippen molar-refractivity contribution >= 4 is 47.9 Å². The fraction of sp³-hybridized carbons (Fsp3) is 0.500. The van der Waals surface area contributed by atoms with Crippen LogP contribution in [0, 0.1) is 0 Å². The van der Waals surface area contributed by atoms with Crippen LogP contribution in [-0.2, 0) is 22.2 Å². The molecule has 0 spiro atoms. The van der Waals surface area contributed by atoms with Gasteiger partial charge in [-0.05, 0) is 24.0 Å². The van der Waals surface area contributed by atoms with Gasteiger partial charge < -0.3 is 18.9 Å². The first kappa shape index (κ1) is 34.3. The van der Waals surface area contributed by atoms with Crippen LogP contribution in [0.1, 0.15) is 51.7 Å². The van der Waals surface area contributed by atoms with Gasteiger partial charge >= 0.3 is 12.1 Å². The first-order valence-electron chi connectivity index (χ1n) is 13.9. The highest BCUT2D eigenvalue weighted by Crippen LogP contribution is 2.56. The van der Waals surface area contributed by atoms with Gasteiger partial charge in [0, 0.05) is 74.0 Å². The van der Waals surface area contributed by atoms with Crippen LogP contribution in [0.5, 0.6) is 0 Å². The largest absolute Gasteiger partial charge is 0.328 e. The second kappa shape index (κ2) is 17.8. The minimum absolute atomic E-state index is 0.263. The van der Waals surface area contributed by atoms with Gasteiger partial charge in [-0.1, -0.05) is 88.4 Å². The van der Waals surface area contributed by atoms with Crippen LogP contribution in [0.25, 0.3) is 0 Å². The number of urea groups is 2. The Morgan fingerprint density at radius 2 is 0.950 bits per heavy atom. The van der Waals surface area contributed by atoms with Gasteiger partial charge in [0.2, 0.25) is 0 Å². The predicted molar refractivity (Wildman–Crippen MR) is 173 cm³/mol. The average Bonchev–Trinajstić information content (AvgIpc) is 3.00. The van der Waals surface area contributed by atoms with E-state index >= 15 is 0 Å². The van der Waals surface area contributed by atoms with Crippen molar-refractivity contribution in [2.24, 2.45) is 0 Å². The normalized spacial score (nSPS) is 11.6. The fourth-order valence-corrected chi connectivity index (χ4v) is 8.97. The molecule has 0 aromatic heterocycles. The molecule has 0 unspecified atom stereocenters. The van der Waals surface area contributed by atoms with E-state index in [1.54, 1.807) is 9.80 Å². The molecule has 2 N–H and O–H groups in total. The highest BCUT2D eigenvalue weighted by Gasteiger charge is 2.24. The third-order valence-corrected chi connectivity index (χ3v) is 17.3. The molecule has 222 valence electrons. The molecule has 4 amide bonds. The zero-order chi connectivity index (χ0) is 29.4. The Labute approximate surface area is 248 Å². The Bertz CT molecular complexity index is 1040. The Morgan fingerprint density at radius 1 is 0.625 bits per heavy atom. The van der Waals surface area contributed by atoms with Crippen LogP contribution in [-0.4, -0.2) is 59.6 Å². The van der Waals surface area contributed by atoms with Gasteiger partial charge in [-0.3, -0.25) is 9.44 Å². The zero-order valence-corrected chi connectivity index (χ0v) is 27.5. The smallest absolute Gasteiger partial charge is 0.320 e. The lowest BCUT2D eigenvalue weighted by atomic mass is 10.2. The molecule has 0 fully saturated rings. The van der Waals surface area contributed by atoms with Crippen molar-refractivity contribution in [1.29, 1.82) is 0 Å². The number of rotatable bonds is 17. The quantitative estimate of drug-likeness (QED) is 0.105. The average molecular weight is 627 g/mol. The highest BCUT2D eigenvalue weighted by molar-refractivity contribution is 8.57. The molecule has 40 heavy (non-hydrogen) atoms. The van der Waals surface area contributed by atoms with E-state index < -0.39 is 12.7 Å². The second-order valence-corrected chi connectivity index (χ2v) is 21.1. The van der Waals surface area contributed by atoms with Gasteiger partial charge in [-0.15, -0.1) is 0 Å². The Balaban J connectivity index is 2.04. The van der Waals surface area contributed by atoms with Crippen molar-refractivity contribution in [2.75, 3.05) is 37.7 Å². The van der Waals surface area contributed by atoms with Crippen LogP contribution in [0.3, 0.4) is 0 Å². The van der Waals surface area contributed by atoms with E-state index in [0.717, 1.165) is 34.3 Å². The van der Waals surface area contributed by atoms with E-state index in [1.165, 1.54) is 0 Å². The molecule has 0 bridgehead atoms. The molecule has 12 heteroatoms. The zero-order valence-electron chi connectivity index (χ0n) is 24.1. The van der Waals surface area contributed by atoms with E-state index in [9.17, 15) is 18.7 Å². The molecule has 0 atom stereocenters. The number of nitrogens with zero attached hydrogens (tertiary/aromatic N) is 2. The molecule has 0 aliphatic heterocycles. The van der Waals surface area contributed by atoms with Gasteiger partial charge in [0.05, 0.1) is 0 Å². The number of carbonyl (C=O) groups excluding carboxylic acids is 2. The number of carbonyl (C=O) groups is 2. The molecule has 0 aliphatic carbocycles. The molecule has 2 aromatic carbocycles. The SMILES string of the molecule is CCP(=O)(CC)SNC(=O)N(CCCCN(Cc1ccccc1)C(=O)NSP(=O)(CC)CC)Cc1ccccc1. The summed E-state index contributed by atoms with van der Waals surface area (Å²) in [5.41, 5.74) is 2.02. The number of benzene rings is 2. The first-order valence-corrected chi connectivity index (χ1v) is 20.9. The van der Waals surface area contributed by atoms with Crippen LogP contribution < -0.4 is 9.44 Å². The lowest BCUT2D eigenvalue weighted by Gasteiger charge is -2.26. The van der Waals surface area contributed by atoms with Crippen LogP contribution in [0.2, 0.25) is 0 Å². The van der Waals surface area contributed by atoms with E-state index in [1.807, 2.05) is 88.4 Å². The summed E-state index contributed by atoms with van der Waals surface area (Å²) in [5, 5.41) is 0. The molecular formula is C28H44N4O4P2S2. The highest BCUT2D eigenvalue weighted by atomic mass is 32.7. The molecule has 0 heterocycles. The summed E-state index contributed by atoms with van der Waals surface area (Å²) in [6, 6.07) is 19.0. The molecular weight excluding hydrogens is 582 g/mol. The van der Waals surface area contributed by atoms with Gasteiger partial charge in [0.15, 0.2) is 12.7 Å². The molecule has 0 radical (unpaired) electrons. The lowest BCUT2D eigenvalue weighted by molar-refractivity contribution is 0.192. The summed E-state index contributed by atoms with van der Waals surface area (Å²) in [7, 11) is 0. The van der Waals surface area contributed by atoms with Crippen LogP contribution in [0.15, 0.2) is 60.7 Å².